The summed E-state index contributed by atoms with van der Waals surface area (Å²) in [5.74, 6) is -1.38. The summed E-state index contributed by atoms with van der Waals surface area (Å²) in [6.45, 7) is 1.75. The highest BCUT2D eigenvalue weighted by Gasteiger charge is 2.10. The van der Waals surface area contributed by atoms with Gasteiger partial charge in [-0.25, -0.2) is 4.39 Å². The van der Waals surface area contributed by atoms with Crippen LogP contribution < -0.4 is 16.0 Å². The number of rotatable bonds is 7. The highest BCUT2D eigenvalue weighted by atomic mass is 19.1. The Kier molecular flexibility index (Phi) is 6.84. The van der Waals surface area contributed by atoms with Gasteiger partial charge in [-0.1, -0.05) is 18.2 Å². The SMILES string of the molecule is CC(=O)Nc1cccc(NC(=O)CC(=O)NCCc2ccc(F)cc2)c1. The summed E-state index contributed by atoms with van der Waals surface area (Å²) < 4.78 is 12.8. The second kappa shape index (κ2) is 9.31. The molecule has 0 unspecified atom stereocenters. The Bertz CT molecular complexity index is 791. The molecule has 0 bridgehead atoms. The molecule has 0 aliphatic heterocycles. The van der Waals surface area contributed by atoms with Crippen LogP contribution in [0.1, 0.15) is 18.9 Å². The molecule has 3 N–H and O–H groups in total. The molecule has 2 rings (SSSR count). The highest BCUT2D eigenvalue weighted by Crippen LogP contribution is 2.15. The van der Waals surface area contributed by atoms with Crippen LogP contribution in [0.25, 0.3) is 0 Å². The molecular formula is C19H20FN3O3. The number of hydrogen-bond acceptors (Lipinski definition) is 3. The molecule has 2 aromatic carbocycles. The third-order valence-corrected chi connectivity index (χ3v) is 3.44. The molecule has 0 atom stereocenters. The summed E-state index contributed by atoms with van der Waals surface area (Å²) in [7, 11) is 0. The molecule has 26 heavy (non-hydrogen) atoms. The van der Waals surface area contributed by atoms with E-state index in [2.05, 4.69) is 16.0 Å². The molecule has 0 aliphatic carbocycles. The van der Waals surface area contributed by atoms with Gasteiger partial charge in [-0.05, 0) is 42.3 Å². The van der Waals surface area contributed by atoms with E-state index in [0.717, 1.165) is 5.56 Å². The van der Waals surface area contributed by atoms with Crippen LogP contribution in [0.2, 0.25) is 0 Å². The first kappa shape index (κ1) is 19.1. The molecule has 7 heteroatoms. The Hall–Kier alpha value is -3.22. The van der Waals surface area contributed by atoms with Gasteiger partial charge >= 0.3 is 0 Å². The predicted molar refractivity (Wildman–Crippen MR) is 97.1 cm³/mol. The topological polar surface area (TPSA) is 87.3 Å². The molecule has 0 radical (unpaired) electrons. The Morgan fingerprint density at radius 2 is 1.58 bits per heavy atom. The molecule has 0 heterocycles. The fourth-order valence-corrected chi connectivity index (χ4v) is 2.29. The minimum absolute atomic E-state index is 0.214. The maximum atomic E-state index is 12.8. The van der Waals surface area contributed by atoms with Crippen LogP contribution in [-0.2, 0) is 20.8 Å². The zero-order valence-electron chi connectivity index (χ0n) is 14.3. The summed E-state index contributed by atoms with van der Waals surface area (Å²) in [6, 6.07) is 12.7. The Morgan fingerprint density at radius 1 is 0.923 bits per heavy atom. The number of carbonyl (C=O) groups is 3. The van der Waals surface area contributed by atoms with Crippen LogP contribution >= 0.6 is 0 Å². The van der Waals surface area contributed by atoms with Crippen LogP contribution in [0.3, 0.4) is 0 Å². The van der Waals surface area contributed by atoms with Gasteiger partial charge in [0.1, 0.15) is 12.2 Å². The van der Waals surface area contributed by atoms with Gasteiger partial charge in [0, 0.05) is 24.8 Å². The van der Waals surface area contributed by atoms with Crippen molar-refractivity contribution in [3.63, 3.8) is 0 Å². The van der Waals surface area contributed by atoms with Crippen molar-refractivity contribution in [2.24, 2.45) is 0 Å². The van der Waals surface area contributed by atoms with Crippen LogP contribution in [0.5, 0.6) is 0 Å². The molecule has 0 saturated heterocycles. The monoisotopic (exact) mass is 357 g/mol. The number of anilines is 2. The second-order valence-corrected chi connectivity index (χ2v) is 5.71. The summed E-state index contributed by atoms with van der Waals surface area (Å²) in [5.41, 5.74) is 1.94. The number of halogens is 1. The van der Waals surface area contributed by atoms with E-state index in [4.69, 9.17) is 0 Å². The standard InChI is InChI=1S/C19H20FN3O3/c1-13(24)22-16-3-2-4-17(11-16)23-19(26)12-18(25)21-10-9-14-5-7-15(20)8-6-14/h2-8,11H,9-10,12H2,1H3,(H,21,25)(H,22,24)(H,23,26). The zero-order valence-corrected chi connectivity index (χ0v) is 14.3. The fourth-order valence-electron chi connectivity index (χ4n) is 2.29. The molecule has 136 valence electrons. The average molecular weight is 357 g/mol. The first-order valence-corrected chi connectivity index (χ1v) is 8.11. The van der Waals surface area contributed by atoms with Gasteiger partial charge in [-0.2, -0.15) is 0 Å². The predicted octanol–water partition coefficient (Wildman–Crippen LogP) is 2.47. The number of nitrogens with one attached hydrogen (secondary N) is 3. The highest BCUT2D eigenvalue weighted by molar-refractivity contribution is 6.03. The van der Waals surface area contributed by atoms with Crippen molar-refractivity contribution in [2.45, 2.75) is 19.8 Å². The molecule has 0 fully saturated rings. The van der Waals surface area contributed by atoms with Crippen LogP contribution in [0.15, 0.2) is 48.5 Å². The van der Waals surface area contributed by atoms with Gasteiger partial charge in [0.2, 0.25) is 17.7 Å². The largest absolute Gasteiger partial charge is 0.355 e. The van der Waals surface area contributed by atoms with E-state index in [1.165, 1.54) is 19.1 Å². The van der Waals surface area contributed by atoms with Crippen LogP contribution in [-0.4, -0.2) is 24.3 Å². The van der Waals surface area contributed by atoms with Gasteiger partial charge in [0.15, 0.2) is 0 Å². The van der Waals surface area contributed by atoms with E-state index in [-0.39, 0.29) is 18.1 Å². The second-order valence-electron chi connectivity index (χ2n) is 5.71. The quantitative estimate of drug-likeness (QED) is 0.665. The maximum absolute atomic E-state index is 12.8. The van der Waals surface area contributed by atoms with Crippen molar-refractivity contribution in [3.05, 3.63) is 59.9 Å². The minimum Gasteiger partial charge on any atom is -0.355 e. The molecule has 0 aliphatic rings. The first-order chi connectivity index (χ1) is 12.4. The average Bonchev–Trinajstić information content (AvgIpc) is 2.56. The van der Waals surface area contributed by atoms with Crippen molar-refractivity contribution in [1.82, 2.24) is 5.32 Å². The van der Waals surface area contributed by atoms with Gasteiger partial charge in [0.05, 0.1) is 0 Å². The first-order valence-electron chi connectivity index (χ1n) is 8.11. The van der Waals surface area contributed by atoms with Crippen LogP contribution in [0.4, 0.5) is 15.8 Å². The number of hydrogen-bond donors (Lipinski definition) is 3. The number of carbonyl (C=O) groups excluding carboxylic acids is 3. The molecule has 3 amide bonds. The smallest absolute Gasteiger partial charge is 0.233 e. The van der Waals surface area contributed by atoms with Crippen molar-refractivity contribution in [1.29, 1.82) is 0 Å². The lowest BCUT2D eigenvalue weighted by Gasteiger charge is -2.08. The normalized spacial score (nSPS) is 10.1. The lowest BCUT2D eigenvalue weighted by Crippen LogP contribution is -2.29. The maximum Gasteiger partial charge on any atom is 0.233 e. The van der Waals surface area contributed by atoms with Gasteiger partial charge in [-0.3, -0.25) is 14.4 Å². The Labute approximate surface area is 150 Å². The van der Waals surface area contributed by atoms with Gasteiger partial charge < -0.3 is 16.0 Å². The van der Waals surface area contributed by atoms with E-state index < -0.39 is 11.8 Å². The van der Waals surface area contributed by atoms with Crippen molar-refractivity contribution in [3.8, 4) is 0 Å². The summed E-state index contributed by atoms with van der Waals surface area (Å²) in [4.78, 5) is 34.8. The number of amides is 3. The van der Waals surface area contributed by atoms with E-state index in [1.54, 1.807) is 36.4 Å². The Balaban J connectivity index is 1.75. The van der Waals surface area contributed by atoms with E-state index in [1.807, 2.05) is 0 Å². The lowest BCUT2D eigenvalue weighted by molar-refractivity contribution is -0.126. The summed E-state index contributed by atoms with van der Waals surface area (Å²) >= 11 is 0. The third-order valence-electron chi connectivity index (χ3n) is 3.44. The molecule has 0 spiro atoms. The third kappa shape index (κ3) is 6.72. The van der Waals surface area contributed by atoms with Gasteiger partial charge in [-0.15, -0.1) is 0 Å². The summed E-state index contributed by atoms with van der Waals surface area (Å²) in [5, 5.41) is 7.87. The van der Waals surface area contributed by atoms with Gasteiger partial charge in [0.25, 0.3) is 0 Å². The lowest BCUT2D eigenvalue weighted by atomic mass is 10.1. The minimum atomic E-state index is -0.454. The summed E-state index contributed by atoms with van der Waals surface area (Å²) in [6.07, 6.45) is 0.236. The molecule has 0 aromatic heterocycles. The van der Waals surface area contributed by atoms with Crippen molar-refractivity contribution >= 4 is 29.1 Å². The fraction of sp³-hybridized carbons (Fsp3) is 0.211. The van der Waals surface area contributed by atoms with E-state index in [9.17, 15) is 18.8 Å². The Morgan fingerprint density at radius 3 is 2.23 bits per heavy atom. The van der Waals surface area contributed by atoms with Crippen molar-refractivity contribution in [2.75, 3.05) is 17.2 Å². The molecule has 6 nitrogen and oxygen atoms in total. The van der Waals surface area contributed by atoms with Crippen LogP contribution in [0, 0.1) is 5.82 Å². The van der Waals surface area contributed by atoms with E-state index in [0.29, 0.717) is 24.3 Å². The zero-order chi connectivity index (χ0) is 18.9. The van der Waals surface area contributed by atoms with Crippen molar-refractivity contribution < 1.29 is 18.8 Å². The molecule has 0 saturated carbocycles. The number of benzene rings is 2. The van der Waals surface area contributed by atoms with E-state index >= 15 is 0 Å². The molecule has 2 aromatic rings. The molecular weight excluding hydrogens is 337 g/mol.